The Balaban J connectivity index is 1.93. The van der Waals surface area contributed by atoms with Gasteiger partial charge in [0.05, 0.1) is 39.1 Å². The second kappa shape index (κ2) is 14.4. The van der Waals surface area contributed by atoms with Gasteiger partial charge in [-0.05, 0) is 57.9 Å². The number of urea groups is 1. The Bertz CT molecular complexity index is 1200. The fraction of sp³-hybridized carbons (Fsp3) is 0.516. The van der Waals surface area contributed by atoms with Gasteiger partial charge in [0.25, 0.3) is 5.92 Å². The number of alkyl halides is 2. The van der Waals surface area contributed by atoms with E-state index in [2.05, 4.69) is 5.32 Å². The lowest BCUT2D eigenvalue weighted by Gasteiger charge is -2.46. The van der Waals surface area contributed by atoms with Crippen LogP contribution in [0.1, 0.15) is 75.0 Å². The highest BCUT2D eigenvalue weighted by molar-refractivity contribution is 6.00. The molecule has 11 heteroatoms. The number of ether oxygens (including phenoxy) is 4. The van der Waals surface area contributed by atoms with Crippen LogP contribution in [-0.2, 0) is 20.9 Å². The maximum absolute atomic E-state index is 14.0. The molecule has 3 rings (SSSR count). The number of ketones is 1. The van der Waals surface area contributed by atoms with E-state index in [1.807, 2.05) is 30.3 Å². The van der Waals surface area contributed by atoms with Crippen LogP contribution in [0.3, 0.4) is 0 Å². The first-order valence-corrected chi connectivity index (χ1v) is 14.2. The quantitative estimate of drug-likeness (QED) is 0.161. The zero-order chi connectivity index (χ0) is 30.9. The molecule has 0 heterocycles. The Kier molecular flexibility index (Phi) is 11.3. The van der Waals surface area contributed by atoms with E-state index in [1.54, 1.807) is 39.8 Å². The molecule has 1 unspecified atom stereocenters. The van der Waals surface area contributed by atoms with Gasteiger partial charge < -0.3 is 29.2 Å². The number of halogens is 2. The summed E-state index contributed by atoms with van der Waals surface area (Å²) in [5.41, 5.74) is -0.0312. The van der Waals surface area contributed by atoms with Crippen LogP contribution in [-0.4, -0.2) is 67.1 Å². The fourth-order valence-corrected chi connectivity index (χ4v) is 4.98. The summed E-state index contributed by atoms with van der Waals surface area (Å²) in [6, 6.07) is 11.4. The van der Waals surface area contributed by atoms with E-state index in [1.165, 1.54) is 11.8 Å². The molecule has 1 saturated carbocycles. The number of nitrogens with one attached hydrogen (secondary N) is 1. The number of nitrogens with zero attached hydrogens (tertiary/aromatic N) is 1. The number of esters is 1. The van der Waals surface area contributed by atoms with E-state index in [4.69, 9.17) is 18.9 Å². The molecule has 230 valence electrons. The van der Waals surface area contributed by atoms with Gasteiger partial charge in [-0.25, -0.2) is 18.4 Å². The minimum Gasteiger partial charge on any atom is -0.493 e. The van der Waals surface area contributed by atoms with Gasteiger partial charge in [-0.15, -0.1) is 0 Å². The van der Waals surface area contributed by atoms with Crippen molar-refractivity contribution in [3.63, 3.8) is 0 Å². The van der Waals surface area contributed by atoms with Crippen molar-refractivity contribution in [2.24, 2.45) is 0 Å². The van der Waals surface area contributed by atoms with Crippen molar-refractivity contribution in [2.45, 2.75) is 71.6 Å². The topological polar surface area (TPSA) is 103 Å². The summed E-state index contributed by atoms with van der Waals surface area (Å²) in [5.74, 6) is -3.64. The summed E-state index contributed by atoms with van der Waals surface area (Å²) in [4.78, 5) is 40.3. The van der Waals surface area contributed by atoms with E-state index >= 15 is 0 Å². The van der Waals surface area contributed by atoms with Crippen LogP contribution < -0.4 is 14.8 Å². The highest BCUT2D eigenvalue weighted by atomic mass is 19.3. The van der Waals surface area contributed by atoms with Crippen LogP contribution in [0.25, 0.3) is 0 Å². The summed E-state index contributed by atoms with van der Waals surface area (Å²) in [5, 5.41) is 2.55. The van der Waals surface area contributed by atoms with E-state index in [0.29, 0.717) is 23.7 Å². The van der Waals surface area contributed by atoms with Gasteiger partial charge in [0.2, 0.25) is 0 Å². The Morgan fingerprint density at radius 1 is 0.976 bits per heavy atom. The standard InChI is InChI=1S/C31H40F2N2O7/c1-6-40-25-16-24(17-26(41-7-2)27(25)22(5)36)21(4)35(14-15-39-18-23-12-10-9-11-13-23)29(38)34-30(28(37)42-8-3)19-31(32,33)20-30/h9-13,16-17,21H,6-8,14-15,18-20H2,1-5H3,(H,34,38). The monoisotopic (exact) mass is 590 g/mol. The lowest BCUT2D eigenvalue weighted by atomic mass is 9.73. The molecule has 0 spiro atoms. The van der Waals surface area contributed by atoms with Crippen molar-refractivity contribution < 1.29 is 42.1 Å². The molecule has 1 aliphatic carbocycles. The van der Waals surface area contributed by atoms with E-state index in [0.717, 1.165) is 5.56 Å². The SMILES string of the molecule is CCOC(=O)C1(NC(=O)N(CCOCc2ccccc2)C(C)c2cc(OCC)c(C(C)=O)c(OCC)c2)CC(F)(F)C1. The van der Waals surface area contributed by atoms with E-state index in [9.17, 15) is 23.2 Å². The number of carbonyl (C=O) groups is 3. The van der Waals surface area contributed by atoms with Gasteiger partial charge in [0.15, 0.2) is 11.3 Å². The van der Waals surface area contributed by atoms with Crippen molar-refractivity contribution in [1.82, 2.24) is 10.2 Å². The molecule has 0 aliphatic heterocycles. The Morgan fingerprint density at radius 3 is 2.07 bits per heavy atom. The fourth-order valence-electron chi connectivity index (χ4n) is 4.98. The minimum atomic E-state index is -3.10. The molecule has 2 aromatic rings. The van der Waals surface area contributed by atoms with Crippen LogP contribution >= 0.6 is 0 Å². The predicted molar refractivity (Wildman–Crippen MR) is 152 cm³/mol. The molecule has 42 heavy (non-hydrogen) atoms. The normalized spacial score (nSPS) is 15.6. The molecule has 0 saturated heterocycles. The highest BCUT2D eigenvalue weighted by Crippen LogP contribution is 2.46. The number of carbonyl (C=O) groups excluding carboxylic acids is 3. The first-order chi connectivity index (χ1) is 20.0. The van der Waals surface area contributed by atoms with Crippen LogP contribution in [0.4, 0.5) is 13.6 Å². The molecule has 2 amide bonds. The Morgan fingerprint density at radius 2 is 1.57 bits per heavy atom. The second-order valence-electron chi connectivity index (χ2n) is 10.2. The van der Waals surface area contributed by atoms with Crippen LogP contribution in [0.5, 0.6) is 11.5 Å². The van der Waals surface area contributed by atoms with Crippen LogP contribution in [0.2, 0.25) is 0 Å². The zero-order valence-corrected chi connectivity index (χ0v) is 24.8. The summed E-state index contributed by atoms with van der Waals surface area (Å²) >= 11 is 0. The predicted octanol–water partition coefficient (Wildman–Crippen LogP) is 5.71. The molecule has 0 bridgehead atoms. The van der Waals surface area contributed by atoms with Gasteiger partial charge in [-0.2, -0.15) is 0 Å². The summed E-state index contributed by atoms with van der Waals surface area (Å²) < 4.78 is 50.4. The Hall–Kier alpha value is -3.73. The van der Waals surface area contributed by atoms with Gasteiger partial charge >= 0.3 is 12.0 Å². The first-order valence-electron chi connectivity index (χ1n) is 14.2. The van der Waals surface area contributed by atoms with Crippen molar-refractivity contribution >= 4 is 17.8 Å². The molecular formula is C31H40F2N2O7. The maximum Gasteiger partial charge on any atom is 0.332 e. The van der Waals surface area contributed by atoms with Crippen molar-refractivity contribution in [3.8, 4) is 11.5 Å². The number of hydrogen-bond acceptors (Lipinski definition) is 7. The Labute approximate surface area is 245 Å². The molecule has 1 fully saturated rings. The van der Waals surface area contributed by atoms with Gasteiger partial charge in [-0.1, -0.05) is 30.3 Å². The van der Waals surface area contributed by atoms with Crippen molar-refractivity contribution in [3.05, 3.63) is 59.2 Å². The second-order valence-corrected chi connectivity index (χ2v) is 10.2. The lowest BCUT2D eigenvalue weighted by molar-refractivity contribution is -0.181. The summed E-state index contributed by atoms with van der Waals surface area (Å²) in [7, 11) is 0. The minimum absolute atomic E-state index is 0.0155. The molecule has 1 atom stereocenters. The number of hydrogen-bond donors (Lipinski definition) is 1. The number of amides is 2. The molecule has 1 aliphatic rings. The maximum atomic E-state index is 14.0. The smallest absolute Gasteiger partial charge is 0.332 e. The van der Waals surface area contributed by atoms with Crippen LogP contribution in [0.15, 0.2) is 42.5 Å². The lowest BCUT2D eigenvalue weighted by Crippen LogP contribution is -2.68. The largest absolute Gasteiger partial charge is 0.493 e. The molecule has 2 aromatic carbocycles. The third-order valence-corrected chi connectivity index (χ3v) is 6.97. The average molecular weight is 591 g/mol. The van der Waals surface area contributed by atoms with Gasteiger partial charge in [0.1, 0.15) is 17.1 Å². The van der Waals surface area contributed by atoms with E-state index < -0.39 is 42.3 Å². The molecule has 0 radical (unpaired) electrons. The number of benzene rings is 2. The average Bonchev–Trinajstić information content (AvgIpc) is 2.92. The third kappa shape index (κ3) is 7.96. The van der Waals surface area contributed by atoms with Gasteiger partial charge in [0, 0.05) is 19.4 Å². The highest BCUT2D eigenvalue weighted by Gasteiger charge is 2.63. The summed E-state index contributed by atoms with van der Waals surface area (Å²) in [6.07, 6.45) is -1.71. The van der Waals surface area contributed by atoms with Crippen molar-refractivity contribution in [1.29, 1.82) is 0 Å². The van der Waals surface area contributed by atoms with E-state index in [-0.39, 0.29) is 44.3 Å². The van der Waals surface area contributed by atoms with Crippen LogP contribution in [0, 0.1) is 0 Å². The zero-order valence-electron chi connectivity index (χ0n) is 24.8. The molecule has 9 nitrogen and oxygen atoms in total. The van der Waals surface area contributed by atoms with Crippen molar-refractivity contribution in [2.75, 3.05) is 33.0 Å². The first kappa shape index (κ1) is 32.8. The molecule has 1 N–H and O–H groups in total. The number of rotatable bonds is 15. The summed E-state index contributed by atoms with van der Waals surface area (Å²) in [6.45, 7) is 9.36. The molecular weight excluding hydrogens is 550 g/mol. The number of Topliss-reactive ketones (excluding diaryl/α,β-unsaturated/α-hetero) is 1. The third-order valence-electron chi connectivity index (χ3n) is 6.97. The van der Waals surface area contributed by atoms with Gasteiger partial charge in [-0.3, -0.25) is 4.79 Å². The molecule has 0 aromatic heterocycles.